The summed E-state index contributed by atoms with van der Waals surface area (Å²) in [6, 6.07) is 3.32. The fourth-order valence-corrected chi connectivity index (χ4v) is 1.68. The highest BCUT2D eigenvalue weighted by Crippen LogP contribution is 2.12. The largest absolute Gasteiger partial charge is 0.478 e. The normalized spacial score (nSPS) is 10.5. The highest BCUT2D eigenvalue weighted by atomic mass is 127. The van der Waals surface area contributed by atoms with E-state index >= 15 is 0 Å². The van der Waals surface area contributed by atoms with Crippen LogP contribution in [-0.4, -0.2) is 20.5 Å². The number of fused-ring (bicyclic) bond motifs is 1. The van der Waals surface area contributed by atoms with Gasteiger partial charge in [0.2, 0.25) is 0 Å². The van der Waals surface area contributed by atoms with E-state index in [0.717, 1.165) is 9.22 Å². The molecular formula is C8H5IN2O2. The maximum atomic E-state index is 10.6. The number of carboxylic acid groups (broad SMARTS) is 1. The Morgan fingerprint density at radius 2 is 2.31 bits per heavy atom. The number of hydrogen-bond acceptors (Lipinski definition) is 2. The molecule has 4 nitrogen and oxygen atoms in total. The predicted octanol–water partition coefficient (Wildman–Crippen LogP) is 1.64. The minimum Gasteiger partial charge on any atom is -0.478 e. The summed E-state index contributed by atoms with van der Waals surface area (Å²) in [5, 5.41) is 8.72. The van der Waals surface area contributed by atoms with Crippen molar-refractivity contribution in [2.75, 3.05) is 0 Å². The van der Waals surface area contributed by atoms with Crippen molar-refractivity contribution >= 4 is 34.1 Å². The molecule has 1 N–H and O–H groups in total. The highest BCUT2D eigenvalue weighted by Gasteiger charge is 2.05. The van der Waals surface area contributed by atoms with Gasteiger partial charge in [0.1, 0.15) is 10.0 Å². The second kappa shape index (κ2) is 2.99. The van der Waals surface area contributed by atoms with Crippen LogP contribution >= 0.6 is 22.6 Å². The molecule has 0 radical (unpaired) electrons. The van der Waals surface area contributed by atoms with E-state index < -0.39 is 5.97 Å². The van der Waals surface area contributed by atoms with Gasteiger partial charge in [-0.05, 0) is 34.7 Å². The van der Waals surface area contributed by atoms with Gasteiger partial charge in [0, 0.05) is 6.20 Å². The van der Waals surface area contributed by atoms with Gasteiger partial charge in [0.05, 0.1) is 11.1 Å². The fraction of sp³-hybridized carbons (Fsp3) is 0. The van der Waals surface area contributed by atoms with Crippen LogP contribution in [0.2, 0.25) is 0 Å². The molecule has 0 fully saturated rings. The van der Waals surface area contributed by atoms with Gasteiger partial charge in [0.25, 0.3) is 0 Å². The lowest BCUT2D eigenvalue weighted by Crippen LogP contribution is -1.97. The Kier molecular flexibility index (Phi) is 1.95. The van der Waals surface area contributed by atoms with Gasteiger partial charge >= 0.3 is 5.97 Å². The molecule has 0 amide bonds. The molecule has 0 bridgehead atoms. The summed E-state index contributed by atoms with van der Waals surface area (Å²) in [6.45, 7) is 0. The molecule has 0 saturated heterocycles. The molecule has 0 spiro atoms. The summed E-state index contributed by atoms with van der Waals surface area (Å²) in [5.41, 5.74) is 1.19. The maximum Gasteiger partial charge on any atom is 0.337 e. The summed E-state index contributed by atoms with van der Waals surface area (Å²) >= 11 is 2.10. The molecule has 2 aromatic heterocycles. The van der Waals surface area contributed by atoms with Crippen molar-refractivity contribution in [2.45, 2.75) is 0 Å². The SMILES string of the molecule is O=C(O)c1ccc2c(I)ncn2c1. The van der Waals surface area contributed by atoms with Crippen LogP contribution < -0.4 is 0 Å². The number of aromatic nitrogens is 2. The first-order valence-corrected chi connectivity index (χ1v) is 4.62. The molecule has 0 unspecified atom stereocenters. The van der Waals surface area contributed by atoms with Gasteiger partial charge in [-0.1, -0.05) is 0 Å². The Hall–Kier alpha value is -1.11. The summed E-state index contributed by atoms with van der Waals surface area (Å²) < 4.78 is 2.57. The lowest BCUT2D eigenvalue weighted by atomic mass is 10.3. The van der Waals surface area contributed by atoms with Crippen LogP contribution in [0.15, 0.2) is 24.7 Å². The van der Waals surface area contributed by atoms with Crippen LogP contribution in [0.1, 0.15) is 10.4 Å². The molecule has 5 heteroatoms. The average Bonchev–Trinajstić information content (AvgIpc) is 2.47. The van der Waals surface area contributed by atoms with Gasteiger partial charge in [-0.3, -0.25) is 0 Å². The van der Waals surface area contributed by atoms with Crippen molar-refractivity contribution in [1.82, 2.24) is 9.38 Å². The second-order valence-electron chi connectivity index (χ2n) is 2.55. The third-order valence-corrected chi connectivity index (χ3v) is 2.56. The third-order valence-electron chi connectivity index (χ3n) is 1.73. The first-order valence-electron chi connectivity index (χ1n) is 3.54. The standard InChI is InChI=1S/C8H5IN2O2/c9-7-6-2-1-5(8(12)13)3-11(6)4-10-7/h1-4H,(H,12,13). The minimum atomic E-state index is -0.925. The molecule has 0 aromatic carbocycles. The van der Waals surface area contributed by atoms with E-state index in [0.29, 0.717) is 0 Å². The molecule has 0 atom stereocenters. The summed E-state index contributed by atoms with van der Waals surface area (Å²) in [7, 11) is 0. The number of imidazole rings is 1. The van der Waals surface area contributed by atoms with Crippen molar-refractivity contribution in [2.24, 2.45) is 0 Å². The molecule has 2 rings (SSSR count). The Bertz CT molecular complexity index is 478. The quantitative estimate of drug-likeness (QED) is 0.812. The van der Waals surface area contributed by atoms with Gasteiger partial charge in [-0.15, -0.1) is 0 Å². The molecule has 66 valence electrons. The van der Waals surface area contributed by atoms with Crippen molar-refractivity contribution in [3.05, 3.63) is 33.9 Å². The van der Waals surface area contributed by atoms with Crippen LogP contribution in [0.3, 0.4) is 0 Å². The van der Waals surface area contributed by atoms with E-state index in [1.807, 2.05) is 0 Å². The molecule has 0 aliphatic heterocycles. The summed E-state index contributed by atoms with van der Waals surface area (Å²) in [5.74, 6) is -0.925. The molecule has 0 aliphatic rings. The number of hydrogen-bond donors (Lipinski definition) is 1. The summed E-state index contributed by atoms with van der Waals surface area (Å²) in [4.78, 5) is 14.7. The number of carboxylic acids is 1. The molecule has 2 heterocycles. The van der Waals surface area contributed by atoms with Crippen LogP contribution in [0.4, 0.5) is 0 Å². The van der Waals surface area contributed by atoms with Gasteiger partial charge < -0.3 is 9.51 Å². The smallest absolute Gasteiger partial charge is 0.337 e. The van der Waals surface area contributed by atoms with E-state index in [1.165, 1.54) is 0 Å². The predicted molar refractivity (Wildman–Crippen MR) is 54.9 cm³/mol. The zero-order valence-corrected chi connectivity index (χ0v) is 8.59. The molecular weight excluding hydrogens is 283 g/mol. The lowest BCUT2D eigenvalue weighted by molar-refractivity contribution is 0.0696. The topological polar surface area (TPSA) is 54.6 Å². The van der Waals surface area contributed by atoms with Gasteiger partial charge in [-0.25, -0.2) is 9.78 Å². The second-order valence-corrected chi connectivity index (χ2v) is 3.57. The van der Waals surface area contributed by atoms with Crippen molar-refractivity contribution in [3.63, 3.8) is 0 Å². The average molecular weight is 288 g/mol. The van der Waals surface area contributed by atoms with Crippen molar-refractivity contribution in [1.29, 1.82) is 0 Å². The number of nitrogens with zero attached hydrogens (tertiary/aromatic N) is 2. The first kappa shape index (κ1) is 8.49. The zero-order valence-electron chi connectivity index (χ0n) is 6.44. The van der Waals surface area contributed by atoms with Crippen LogP contribution in [0.5, 0.6) is 0 Å². The van der Waals surface area contributed by atoms with E-state index in [9.17, 15) is 4.79 Å². The lowest BCUT2D eigenvalue weighted by Gasteiger charge is -1.96. The van der Waals surface area contributed by atoms with E-state index in [2.05, 4.69) is 27.6 Å². The number of rotatable bonds is 1. The maximum absolute atomic E-state index is 10.6. The van der Waals surface area contributed by atoms with Crippen molar-refractivity contribution < 1.29 is 9.90 Å². The van der Waals surface area contributed by atoms with Crippen LogP contribution in [0.25, 0.3) is 5.52 Å². The Labute approximate surface area is 87.4 Å². The number of aromatic carboxylic acids is 1. The molecule has 2 aromatic rings. The number of pyridine rings is 1. The van der Waals surface area contributed by atoms with Crippen LogP contribution in [-0.2, 0) is 0 Å². The number of carbonyl (C=O) groups is 1. The van der Waals surface area contributed by atoms with Crippen molar-refractivity contribution in [3.8, 4) is 0 Å². The monoisotopic (exact) mass is 288 g/mol. The zero-order chi connectivity index (χ0) is 9.42. The molecule has 0 saturated carbocycles. The Balaban J connectivity index is 2.70. The van der Waals surface area contributed by atoms with Gasteiger partial charge in [-0.2, -0.15) is 0 Å². The van der Waals surface area contributed by atoms with E-state index in [4.69, 9.17) is 5.11 Å². The van der Waals surface area contributed by atoms with E-state index in [-0.39, 0.29) is 5.56 Å². The molecule has 0 aliphatic carbocycles. The first-order chi connectivity index (χ1) is 6.18. The minimum absolute atomic E-state index is 0.265. The Morgan fingerprint density at radius 3 is 3.00 bits per heavy atom. The number of halogens is 1. The highest BCUT2D eigenvalue weighted by molar-refractivity contribution is 14.1. The summed E-state index contributed by atoms with van der Waals surface area (Å²) in [6.07, 6.45) is 3.15. The van der Waals surface area contributed by atoms with E-state index in [1.54, 1.807) is 29.1 Å². The Morgan fingerprint density at radius 1 is 1.54 bits per heavy atom. The fourth-order valence-electron chi connectivity index (χ4n) is 1.09. The van der Waals surface area contributed by atoms with Gasteiger partial charge in [0.15, 0.2) is 0 Å². The molecule has 13 heavy (non-hydrogen) atoms. The van der Waals surface area contributed by atoms with Crippen LogP contribution in [0, 0.1) is 3.70 Å². The third kappa shape index (κ3) is 1.39.